The van der Waals surface area contributed by atoms with Crippen LogP contribution in [-0.4, -0.2) is 22.5 Å². The first kappa shape index (κ1) is 12.9. The fourth-order valence-electron chi connectivity index (χ4n) is 2.62. The quantitative estimate of drug-likeness (QED) is 0.869. The summed E-state index contributed by atoms with van der Waals surface area (Å²) in [6, 6.07) is 2.21. The first-order valence-electron chi connectivity index (χ1n) is 6.40. The van der Waals surface area contributed by atoms with Crippen LogP contribution in [0.3, 0.4) is 0 Å². The van der Waals surface area contributed by atoms with Crippen LogP contribution in [0.4, 0.5) is 0 Å². The lowest BCUT2D eigenvalue weighted by molar-refractivity contribution is 0.533. The summed E-state index contributed by atoms with van der Waals surface area (Å²) >= 11 is 2.04. The van der Waals surface area contributed by atoms with Gasteiger partial charge in [0.25, 0.3) is 0 Å². The fourth-order valence-corrected chi connectivity index (χ4v) is 3.56. The van der Waals surface area contributed by atoms with Gasteiger partial charge in [0.05, 0.1) is 0 Å². The van der Waals surface area contributed by atoms with E-state index in [4.69, 9.17) is 0 Å². The molecule has 0 radical (unpaired) electrons. The summed E-state index contributed by atoms with van der Waals surface area (Å²) in [6.45, 7) is 4.16. The van der Waals surface area contributed by atoms with Crippen LogP contribution in [0.1, 0.15) is 36.8 Å². The zero-order valence-electron chi connectivity index (χ0n) is 10.8. The van der Waals surface area contributed by atoms with Gasteiger partial charge in [-0.1, -0.05) is 18.9 Å². The summed E-state index contributed by atoms with van der Waals surface area (Å²) in [5, 5.41) is 3.60. The average Bonchev–Trinajstić information content (AvgIpc) is 2.79. The molecule has 0 spiro atoms. The van der Waals surface area contributed by atoms with E-state index in [9.17, 15) is 0 Å². The van der Waals surface area contributed by atoms with E-state index in [2.05, 4.69) is 29.5 Å². The molecule has 0 saturated heterocycles. The summed E-state index contributed by atoms with van der Waals surface area (Å²) in [6.07, 6.45) is 11.6. The van der Waals surface area contributed by atoms with Gasteiger partial charge in [0.15, 0.2) is 0 Å². The first-order valence-corrected chi connectivity index (χ1v) is 7.63. The van der Waals surface area contributed by atoms with Gasteiger partial charge in [-0.25, -0.2) is 0 Å². The molecule has 0 aromatic carbocycles. The Hall–Kier alpha value is -0.540. The highest BCUT2D eigenvalue weighted by Gasteiger charge is 2.32. The van der Waals surface area contributed by atoms with Crippen molar-refractivity contribution < 1.29 is 0 Å². The van der Waals surface area contributed by atoms with Gasteiger partial charge in [-0.3, -0.25) is 4.98 Å². The molecule has 1 heterocycles. The van der Waals surface area contributed by atoms with Crippen molar-refractivity contribution >= 4 is 11.8 Å². The number of hydrogen-bond donors (Lipinski definition) is 1. The number of thioether (sulfide) groups is 1. The van der Waals surface area contributed by atoms with E-state index in [1.54, 1.807) is 0 Å². The molecule has 1 aromatic rings. The van der Waals surface area contributed by atoms with Crippen LogP contribution >= 0.6 is 11.8 Å². The molecule has 0 unspecified atom stereocenters. The summed E-state index contributed by atoms with van der Waals surface area (Å²) in [5.41, 5.74) is 2.53. The van der Waals surface area contributed by atoms with E-state index in [-0.39, 0.29) is 0 Å². The second kappa shape index (κ2) is 5.87. The number of pyridine rings is 1. The molecule has 0 amide bonds. The highest BCUT2D eigenvalue weighted by molar-refractivity contribution is 8.00. The molecule has 1 aliphatic carbocycles. The lowest BCUT2D eigenvalue weighted by Gasteiger charge is -2.27. The van der Waals surface area contributed by atoms with Gasteiger partial charge in [0.2, 0.25) is 0 Å². The monoisotopic (exact) mass is 250 g/mol. The van der Waals surface area contributed by atoms with Crippen LogP contribution in [0.2, 0.25) is 0 Å². The van der Waals surface area contributed by atoms with E-state index in [1.165, 1.54) is 36.8 Å². The summed E-state index contributed by atoms with van der Waals surface area (Å²) in [7, 11) is 0. The Morgan fingerprint density at radius 3 is 2.76 bits per heavy atom. The van der Waals surface area contributed by atoms with Crippen LogP contribution in [-0.2, 0) is 6.54 Å². The van der Waals surface area contributed by atoms with Crippen molar-refractivity contribution in [3.63, 3.8) is 0 Å². The first-order chi connectivity index (χ1) is 8.24. The number of aromatic nitrogens is 1. The van der Waals surface area contributed by atoms with Gasteiger partial charge < -0.3 is 5.32 Å². The predicted molar refractivity (Wildman–Crippen MR) is 75.4 cm³/mol. The maximum Gasteiger partial charge on any atom is 0.0313 e. The number of rotatable bonds is 5. The maximum absolute atomic E-state index is 4.23. The van der Waals surface area contributed by atoms with Crippen molar-refractivity contribution in [3.05, 3.63) is 29.6 Å². The van der Waals surface area contributed by atoms with Gasteiger partial charge in [0, 0.05) is 30.2 Å². The number of aryl methyl sites for hydroxylation is 1. The third-order valence-electron chi connectivity index (χ3n) is 3.66. The van der Waals surface area contributed by atoms with Gasteiger partial charge in [-0.05, 0) is 37.1 Å². The summed E-state index contributed by atoms with van der Waals surface area (Å²) in [4.78, 5) is 4.23. The van der Waals surface area contributed by atoms with Gasteiger partial charge in [-0.15, -0.1) is 0 Å². The van der Waals surface area contributed by atoms with Gasteiger partial charge in [0.1, 0.15) is 0 Å². The zero-order chi connectivity index (χ0) is 12.1. The van der Waals surface area contributed by atoms with Crippen molar-refractivity contribution in [2.75, 3.05) is 12.8 Å². The van der Waals surface area contributed by atoms with Crippen molar-refractivity contribution in [1.82, 2.24) is 10.3 Å². The van der Waals surface area contributed by atoms with Crippen LogP contribution in [0.25, 0.3) is 0 Å². The minimum atomic E-state index is 0.497. The van der Waals surface area contributed by atoms with Crippen LogP contribution in [0.5, 0.6) is 0 Å². The Kier molecular flexibility index (Phi) is 4.46. The van der Waals surface area contributed by atoms with Crippen molar-refractivity contribution in [1.29, 1.82) is 0 Å². The normalized spacial score (nSPS) is 18.5. The minimum Gasteiger partial charge on any atom is -0.311 e. The molecular weight excluding hydrogens is 228 g/mol. The number of hydrogen-bond acceptors (Lipinski definition) is 3. The van der Waals surface area contributed by atoms with Crippen molar-refractivity contribution in [2.45, 2.75) is 43.9 Å². The van der Waals surface area contributed by atoms with E-state index < -0.39 is 0 Å². The average molecular weight is 250 g/mol. The maximum atomic E-state index is 4.23. The molecule has 1 aromatic heterocycles. The molecule has 0 aliphatic heterocycles. The molecule has 94 valence electrons. The number of nitrogens with one attached hydrogen (secondary N) is 1. The molecule has 0 atom stereocenters. The van der Waals surface area contributed by atoms with E-state index >= 15 is 0 Å². The van der Waals surface area contributed by atoms with E-state index in [0.717, 1.165) is 13.1 Å². The Morgan fingerprint density at radius 1 is 1.35 bits per heavy atom. The summed E-state index contributed by atoms with van der Waals surface area (Å²) < 4.78 is 0.497. The van der Waals surface area contributed by atoms with E-state index in [1.807, 2.05) is 24.2 Å². The molecule has 0 bridgehead atoms. The Labute approximate surface area is 109 Å². The van der Waals surface area contributed by atoms with Crippen LogP contribution in [0.15, 0.2) is 18.5 Å². The van der Waals surface area contributed by atoms with Gasteiger partial charge in [-0.2, -0.15) is 11.8 Å². The standard InChI is InChI=1S/C14H22N2S/c1-12-7-13(9-15-8-12)10-16-11-14(17-2)5-3-4-6-14/h7-9,16H,3-6,10-11H2,1-2H3. The van der Waals surface area contributed by atoms with Crippen molar-refractivity contribution in [2.24, 2.45) is 0 Å². The van der Waals surface area contributed by atoms with E-state index in [0.29, 0.717) is 4.75 Å². The smallest absolute Gasteiger partial charge is 0.0313 e. The highest BCUT2D eigenvalue weighted by Crippen LogP contribution is 2.39. The molecule has 2 rings (SSSR count). The second-order valence-corrected chi connectivity index (χ2v) is 6.34. The topological polar surface area (TPSA) is 24.9 Å². The minimum absolute atomic E-state index is 0.497. The Bertz CT molecular complexity index is 359. The Balaban J connectivity index is 1.82. The Morgan fingerprint density at radius 2 is 2.12 bits per heavy atom. The lowest BCUT2D eigenvalue weighted by atomic mass is 10.1. The third kappa shape index (κ3) is 3.46. The molecule has 1 aliphatic rings. The SMILES string of the molecule is CSC1(CNCc2cncc(C)c2)CCCC1. The predicted octanol–water partition coefficient (Wildman–Crippen LogP) is 3.16. The molecular formula is C14H22N2S. The molecule has 17 heavy (non-hydrogen) atoms. The van der Waals surface area contributed by atoms with Crippen molar-refractivity contribution in [3.8, 4) is 0 Å². The molecule has 1 fully saturated rings. The highest BCUT2D eigenvalue weighted by atomic mass is 32.2. The molecule has 3 heteroatoms. The third-order valence-corrected chi connectivity index (χ3v) is 5.07. The largest absolute Gasteiger partial charge is 0.311 e. The van der Waals surface area contributed by atoms with Crippen LogP contribution in [0, 0.1) is 6.92 Å². The second-order valence-electron chi connectivity index (χ2n) is 5.07. The summed E-state index contributed by atoms with van der Waals surface area (Å²) in [5.74, 6) is 0. The number of nitrogens with zero attached hydrogens (tertiary/aromatic N) is 1. The lowest BCUT2D eigenvalue weighted by Crippen LogP contribution is -2.34. The molecule has 2 nitrogen and oxygen atoms in total. The zero-order valence-corrected chi connectivity index (χ0v) is 11.6. The van der Waals surface area contributed by atoms with Gasteiger partial charge >= 0.3 is 0 Å². The molecule has 1 saturated carbocycles. The fraction of sp³-hybridized carbons (Fsp3) is 0.643. The van der Waals surface area contributed by atoms with Crippen LogP contribution < -0.4 is 5.32 Å². The molecule has 1 N–H and O–H groups in total.